The third kappa shape index (κ3) is 6.67. The van der Waals surface area contributed by atoms with E-state index in [9.17, 15) is 14.4 Å². The summed E-state index contributed by atoms with van der Waals surface area (Å²) in [6.45, 7) is 12.2. The number of fused-ring (bicyclic) bond motifs is 5. The lowest BCUT2D eigenvalue weighted by Gasteiger charge is -2.28. The van der Waals surface area contributed by atoms with Crippen LogP contribution in [0.1, 0.15) is 55.2 Å². The van der Waals surface area contributed by atoms with Crippen molar-refractivity contribution in [3.63, 3.8) is 0 Å². The minimum Gasteiger partial charge on any atom is -0.469 e. The number of halogens is 1. The molecule has 3 aliphatic heterocycles. The van der Waals surface area contributed by atoms with Gasteiger partial charge in [-0.05, 0) is 51.7 Å². The number of carbonyl (C=O) groups is 3. The van der Waals surface area contributed by atoms with Crippen LogP contribution < -0.4 is 25.4 Å². The van der Waals surface area contributed by atoms with Gasteiger partial charge in [0, 0.05) is 54.2 Å². The van der Waals surface area contributed by atoms with E-state index < -0.39 is 49.8 Å². The van der Waals surface area contributed by atoms with Gasteiger partial charge >= 0.3 is 12.1 Å². The van der Waals surface area contributed by atoms with Crippen LogP contribution in [0.5, 0.6) is 11.5 Å². The molecular formula is C43H43BrN6O8Si. The van der Waals surface area contributed by atoms with Gasteiger partial charge in [0.15, 0.2) is 29.2 Å². The van der Waals surface area contributed by atoms with Gasteiger partial charge < -0.3 is 44.0 Å². The molecule has 1 spiro atoms. The lowest BCUT2D eigenvalue weighted by atomic mass is 9.72. The monoisotopic (exact) mass is 878 g/mol. The number of hydrogen-bond donors (Lipinski definition) is 4. The van der Waals surface area contributed by atoms with Gasteiger partial charge in [-0.3, -0.25) is 9.59 Å². The van der Waals surface area contributed by atoms with Crippen molar-refractivity contribution < 1.29 is 37.4 Å². The van der Waals surface area contributed by atoms with Crippen molar-refractivity contribution in [2.24, 2.45) is 5.92 Å². The number of nitrogens with zero attached hydrogens (tertiary/aromatic N) is 2. The number of H-pyrrole nitrogens is 1. The molecule has 4 N–H and O–H groups in total. The number of oxazole rings is 2. The molecule has 0 fully saturated rings. The molecule has 0 aliphatic carbocycles. The number of aromatic amines is 1. The zero-order valence-corrected chi connectivity index (χ0v) is 35.9. The Kier molecular flexibility index (Phi) is 9.46. The van der Waals surface area contributed by atoms with Crippen LogP contribution in [-0.2, 0) is 26.2 Å². The molecule has 3 aromatic heterocycles. The van der Waals surface area contributed by atoms with Gasteiger partial charge in [0.25, 0.3) is 0 Å². The number of alkyl carbamates (subject to hydrolysis) is 1. The predicted molar refractivity (Wildman–Crippen MR) is 225 cm³/mol. The number of nitrogens with one attached hydrogen (secondary N) is 4. The first-order valence-electron chi connectivity index (χ1n) is 19.6. The van der Waals surface area contributed by atoms with Crippen molar-refractivity contribution in [2.45, 2.75) is 76.6 Å². The van der Waals surface area contributed by atoms with Crippen molar-refractivity contribution in [2.75, 3.05) is 11.9 Å². The fourth-order valence-corrected chi connectivity index (χ4v) is 9.39. The second kappa shape index (κ2) is 14.4. The maximum absolute atomic E-state index is 14.3. The molecule has 6 aromatic rings. The van der Waals surface area contributed by atoms with Crippen LogP contribution >= 0.6 is 15.9 Å². The van der Waals surface area contributed by atoms with E-state index in [0.29, 0.717) is 39.8 Å². The van der Waals surface area contributed by atoms with Crippen LogP contribution in [0.15, 0.2) is 80.3 Å². The summed E-state index contributed by atoms with van der Waals surface area (Å²) in [5.74, 6) is 1.23. The minimum absolute atomic E-state index is 0.179. The lowest BCUT2D eigenvalue weighted by molar-refractivity contribution is -0.131. The Labute approximate surface area is 348 Å². The summed E-state index contributed by atoms with van der Waals surface area (Å²) >= 11 is 3.76. The molecule has 3 aromatic carbocycles. The molecule has 6 heterocycles. The summed E-state index contributed by atoms with van der Waals surface area (Å²) in [5.41, 5.74) is 3.82. The van der Waals surface area contributed by atoms with Gasteiger partial charge in [0.2, 0.25) is 17.7 Å². The van der Waals surface area contributed by atoms with Gasteiger partial charge in [-0.25, -0.2) is 14.8 Å². The second-order valence-electron chi connectivity index (χ2n) is 16.8. The first kappa shape index (κ1) is 38.6. The standard InChI is InChI=1S/C43H43BrN6O8Si/c1-21(2)33-40-49-36(39-46-20-32(56-39)25-19-45-34-24(25)9-7-12-31(34)55-22(3)51)37(58-40)43-26-10-8-11-28(44)35(26)50-41(43)57-30-14-13-23(17-27(30)43)18-29(38(52)48-33)47-42(53)54-15-16-59(4,5)6/h7-14,17,19-21,29,33,41,45,50H,15-16,18H2,1-6H3,(H,47,53)(H,48,52)/t29-,33-,41+,43+/m0/s1. The molecule has 14 nitrogen and oxygen atoms in total. The number of anilines is 1. The Hall–Kier alpha value is -5.87. The second-order valence-corrected chi connectivity index (χ2v) is 23.2. The maximum atomic E-state index is 14.3. The minimum atomic E-state index is -1.47. The Morgan fingerprint density at radius 3 is 2.66 bits per heavy atom. The molecule has 0 saturated carbocycles. The lowest BCUT2D eigenvalue weighted by Crippen LogP contribution is -2.50. The van der Waals surface area contributed by atoms with E-state index in [1.807, 2.05) is 56.3 Å². The first-order chi connectivity index (χ1) is 28.2. The quantitative estimate of drug-likeness (QED) is 0.0654. The molecule has 304 valence electrons. The Bertz CT molecular complexity index is 2660. The highest BCUT2D eigenvalue weighted by molar-refractivity contribution is 9.10. The Morgan fingerprint density at radius 1 is 1.07 bits per heavy atom. The number of carbonyl (C=O) groups excluding carboxylic acids is 3. The Morgan fingerprint density at radius 2 is 1.88 bits per heavy atom. The highest BCUT2D eigenvalue weighted by Crippen LogP contribution is 2.60. The van der Waals surface area contributed by atoms with Gasteiger partial charge in [-0.15, -0.1) is 0 Å². The van der Waals surface area contributed by atoms with Gasteiger partial charge in [-0.2, -0.15) is 0 Å². The number of ether oxygens (including phenoxy) is 3. The molecule has 4 bridgehead atoms. The molecular weight excluding hydrogens is 836 g/mol. The molecule has 3 aliphatic rings. The molecule has 59 heavy (non-hydrogen) atoms. The molecule has 0 radical (unpaired) electrons. The number of amides is 2. The highest BCUT2D eigenvalue weighted by atomic mass is 79.9. The molecule has 4 atom stereocenters. The van der Waals surface area contributed by atoms with Crippen molar-refractivity contribution in [1.82, 2.24) is 25.6 Å². The maximum Gasteiger partial charge on any atom is 0.407 e. The normalized spacial score (nSPS) is 20.5. The number of hydrogen-bond acceptors (Lipinski definition) is 11. The van der Waals surface area contributed by atoms with E-state index in [1.165, 1.54) is 6.92 Å². The van der Waals surface area contributed by atoms with E-state index in [4.69, 9.17) is 33.0 Å². The zero-order valence-electron chi connectivity index (χ0n) is 33.3. The number of rotatable bonds is 8. The third-order valence-corrected chi connectivity index (χ3v) is 13.5. The summed E-state index contributed by atoms with van der Waals surface area (Å²) in [6, 6.07) is 16.3. The summed E-state index contributed by atoms with van der Waals surface area (Å²) in [5, 5.41) is 10.4. The van der Waals surface area contributed by atoms with Gasteiger partial charge in [0.1, 0.15) is 23.2 Å². The predicted octanol–water partition coefficient (Wildman–Crippen LogP) is 8.45. The molecule has 0 saturated heterocycles. The van der Waals surface area contributed by atoms with Crippen LogP contribution in [0.3, 0.4) is 0 Å². The van der Waals surface area contributed by atoms with E-state index in [1.54, 1.807) is 24.5 Å². The average Bonchev–Trinajstić information content (AvgIpc) is 4.00. The summed E-state index contributed by atoms with van der Waals surface area (Å²) < 4.78 is 32.2. The van der Waals surface area contributed by atoms with Crippen LogP contribution in [0.25, 0.3) is 33.8 Å². The van der Waals surface area contributed by atoms with Crippen LogP contribution in [0, 0.1) is 5.92 Å². The molecule has 0 unspecified atom stereocenters. The van der Waals surface area contributed by atoms with Crippen LogP contribution in [0.2, 0.25) is 25.7 Å². The highest BCUT2D eigenvalue weighted by Gasteiger charge is 2.61. The van der Waals surface area contributed by atoms with E-state index in [2.05, 4.69) is 56.5 Å². The van der Waals surface area contributed by atoms with Crippen molar-refractivity contribution in [3.05, 3.63) is 99.8 Å². The van der Waals surface area contributed by atoms with E-state index in [0.717, 1.165) is 38.3 Å². The first-order valence-corrected chi connectivity index (χ1v) is 24.1. The molecule has 2 amide bonds. The third-order valence-electron chi connectivity index (χ3n) is 11.1. The number of benzene rings is 3. The van der Waals surface area contributed by atoms with Crippen molar-refractivity contribution in [3.8, 4) is 34.4 Å². The van der Waals surface area contributed by atoms with Crippen molar-refractivity contribution in [1.29, 1.82) is 0 Å². The van der Waals surface area contributed by atoms with Gasteiger partial charge in [-0.1, -0.05) is 69.9 Å². The number of para-hydroxylation sites is 2. The van der Waals surface area contributed by atoms with Crippen LogP contribution in [-0.4, -0.2) is 59.9 Å². The van der Waals surface area contributed by atoms with Gasteiger partial charge in [0.05, 0.1) is 24.0 Å². The fraction of sp³-hybridized carbons (Fsp3) is 0.326. The summed E-state index contributed by atoms with van der Waals surface area (Å²) in [7, 11) is -1.47. The fourth-order valence-electron chi connectivity index (χ4n) is 8.20. The smallest absolute Gasteiger partial charge is 0.407 e. The molecule has 9 rings (SSSR count). The topological polar surface area (TPSA) is 183 Å². The average molecular weight is 880 g/mol. The van der Waals surface area contributed by atoms with Crippen molar-refractivity contribution >= 4 is 58.6 Å². The van der Waals surface area contributed by atoms with E-state index >= 15 is 0 Å². The SMILES string of the molecule is CC(=O)Oc1cccc2c(-c3cnc(-c4nc5oc4[C@@]46c7cc(ccc7O[C@H]4Nc4c(Br)cccc46)C[C@H](NC(=O)OCC[Si](C)(C)C)C(=O)N[C@H]5C(C)C)o3)c[nH]c12. The molecule has 16 heteroatoms. The largest absolute Gasteiger partial charge is 0.469 e. The summed E-state index contributed by atoms with van der Waals surface area (Å²) in [6.07, 6.45) is 2.24. The Balaban J connectivity index is 1.20. The van der Waals surface area contributed by atoms with Crippen LogP contribution in [0.4, 0.5) is 10.5 Å². The summed E-state index contributed by atoms with van der Waals surface area (Å²) in [4.78, 5) is 52.5. The van der Waals surface area contributed by atoms with E-state index in [-0.39, 0.29) is 30.7 Å². The zero-order chi connectivity index (χ0) is 41.4. The number of aromatic nitrogens is 3. The number of esters is 1.